The third kappa shape index (κ3) is 5.17. The molecule has 2 aromatic rings. The van der Waals surface area contributed by atoms with Crippen LogP contribution in [0, 0.1) is 11.6 Å². The molecule has 0 spiro atoms. The van der Waals surface area contributed by atoms with Gasteiger partial charge >= 0.3 is 6.18 Å². The van der Waals surface area contributed by atoms with E-state index in [4.69, 9.17) is 4.74 Å². The van der Waals surface area contributed by atoms with E-state index in [0.29, 0.717) is 6.07 Å². The van der Waals surface area contributed by atoms with E-state index in [1.807, 2.05) is 0 Å². The van der Waals surface area contributed by atoms with E-state index in [1.165, 1.54) is 19.1 Å². The Morgan fingerprint density at radius 1 is 1.16 bits per heavy atom. The van der Waals surface area contributed by atoms with Crippen molar-refractivity contribution in [1.82, 2.24) is 5.32 Å². The Morgan fingerprint density at radius 2 is 1.88 bits per heavy atom. The first-order valence-corrected chi connectivity index (χ1v) is 7.21. The highest BCUT2D eigenvalue weighted by atomic mass is 19.4. The third-order valence-corrected chi connectivity index (χ3v) is 3.34. The van der Waals surface area contributed by atoms with E-state index >= 15 is 0 Å². The van der Waals surface area contributed by atoms with Gasteiger partial charge in [-0.05, 0) is 31.2 Å². The van der Waals surface area contributed by atoms with Crippen molar-refractivity contribution >= 4 is 5.91 Å². The maximum absolute atomic E-state index is 13.6. The second-order valence-corrected chi connectivity index (χ2v) is 5.27. The molecule has 0 saturated carbocycles. The Kier molecular flexibility index (Phi) is 5.61. The highest BCUT2D eigenvalue weighted by Crippen LogP contribution is 2.31. The van der Waals surface area contributed by atoms with Gasteiger partial charge in [-0.25, -0.2) is 8.78 Å². The summed E-state index contributed by atoms with van der Waals surface area (Å²) in [6.07, 6.45) is -4.52. The lowest BCUT2D eigenvalue weighted by Crippen LogP contribution is -2.31. The molecule has 0 aliphatic heterocycles. The zero-order valence-corrected chi connectivity index (χ0v) is 13.0. The Labute approximate surface area is 140 Å². The molecule has 0 radical (unpaired) electrons. The summed E-state index contributed by atoms with van der Waals surface area (Å²) in [5, 5.41) is 2.42. The lowest BCUT2D eigenvalue weighted by molar-refractivity contribution is -0.137. The van der Waals surface area contributed by atoms with Crippen LogP contribution in [-0.4, -0.2) is 12.5 Å². The average molecular weight is 359 g/mol. The molecule has 134 valence electrons. The largest absolute Gasteiger partial charge is 0.484 e. The molecule has 0 unspecified atom stereocenters. The first-order chi connectivity index (χ1) is 11.7. The fourth-order valence-corrected chi connectivity index (χ4v) is 2.12. The molecular formula is C17H14F5NO2. The maximum atomic E-state index is 13.6. The first kappa shape index (κ1) is 18.7. The number of halogens is 5. The molecule has 1 atom stereocenters. The Balaban J connectivity index is 1.94. The standard InChI is InChI=1S/C17H14F5NO2/c1-10(14-6-5-12(18)8-15(14)19)23-16(24)9-25-13-4-2-3-11(7-13)17(20,21)22/h2-8,10H,9H2,1H3,(H,23,24)/t10-/m1/s1. The SMILES string of the molecule is C[C@@H](NC(=O)COc1cccc(C(F)(F)F)c1)c1ccc(F)cc1F. The smallest absolute Gasteiger partial charge is 0.416 e. The number of carbonyl (C=O) groups is 1. The fraction of sp³-hybridized carbons (Fsp3) is 0.235. The molecule has 8 heteroatoms. The number of amides is 1. The monoisotopic (exact) mass is 359 g/mol. The topological polar surface area (TPSA) is 38.3 Å². The first-order valence-electron chi connectivity index (χ1n) is 7.21. The van der Waals surface area contributed by atoms with Crippen LogP contribution in [0.15, 0.2) is 42.5 Å². The van der Waals surface area contributed by atoms with Crippen LogP contribution in [0.2, 0.25) is 0 Å². The summed E-state index contributed by atoms with van der Waals surface area (Å²) in [5.74, 6) is -2.33. The average Bonchev–Trinajstić information content (AvgIpc) is 2.52. The summed E-state index contributed by atoms with van der Waals surface area (Å²) < 4.78 is 69.3. The number of hydrogen-bond acceptors (Lipinski definition) is 2. The predicted molar refractivity (Wildman–Crippen MR) is 79.9 cm³/mol. The van der Waals surface area contributed by atoms with E-state index in [1.54, 1.807) is 0 Å². The van der Waals surface area contributed by atoms with Crippen molar-refractivity contribution in [1.29, 1.82) is 0 Å². The number of benzene rings is 2. The normalized spacial score (nSPS) is 12.6. The van der Waals surface area contributed by atoms with Gasteiger partial charge in [0.15, 0.2) is 6.61 Å². The fourth-order valence-electron chi connectivity index (χ4n) is 2.12. The molecule has 3 nitrogen and oxygen atoms in total. The summed E-state index contributed by atoms with van der Waals surface area (Å²) in [5.41, 5.74) is -0.819. The van der Waals surface area contributed by atoms with Crippen molar-refractivity contribution < 1.29 is 31.5 Å². The zero-order chi connectivity index (χ0) is 18.6. The van der Waals surface area contributed by atoms with Gasteiger partial charge in [0.2, 0.25) is 0 Å². The minimum Gasteiger partial charge on any atom is -0.484 e. The van der Waals surface area contributed by atoms with E-state index < -0.39 is 41.9 Å². The molecule has 0 aliphatic carbocycles. The number of carbonyl (C=O) groups excluding carboxylic acids is 1. The van der Waals surface area contributed by atoms with Crippen LogP contribution >= 0.6 is 0 Å². The molecule has 0 aliphatic rings. The van der Waals surface area contributed by atoms with Gasteiger partial charge in [-0.3, -0.25) is 4.79 Å². The van der Waals surface area contributed by atoms with Gasteiger partial charge in [-0.15, -0.1) is 0 Å². The summed E-state index contributed by atoms with van der Waals surface area (Å²) >= 11 is 0. The van der Waals surface area contributed by atoms with Crippen molar-refractivity contribution in [3.05, 3.63) is 65.2 Å². The van der Waals surface area contributed by atoms with Crippen LogP contribution in [0.25, 0.3) is 0 Å². The lowest BCUT2D eigenvalue weighted by atomic mass is 10.1. The van der Waals surface area contributed by atoms with Crippen LogP contribution in [0.4, 0.5) is 22.0 Å². The number of alkyl halides is 3. The summed E-state index contributed by atoms with van der Waals surface area (Å²) in [6.45, 7) is 0.937. The highest BCUT2D eigenvalue weighted by molar-refractivity contribution is 5.78. The Morgan fingerprint density at radius 3 is 2.52 bits per heavy atom. The summed E-state index contributed by atoms with van der Waals surface area (Å²) in [7, 11) is 0. The van der Waals surface area contributed by atoms with Crippen molar-refractivity contribution in [2.45, 2.75) is 19.1 Å². The summed E-state index contributed by atoms with van der Waals surface area (Å²) in [4.78, 5) is 11.8. The molecule has 2 rings (SSSR count). The summed E-state index contributed by atoms with van der Waals surface area (Å²) in [6, 6.07) is 6.28. The van der Waals surface area contributed by atoms with E-state index in [9.17, 15) is 26.7 Å². The Bertz CT molecular complexity index is 761. The lowest BCUT2D eigenvalue weighted by Gasteiger charge is -2.16. The zero-order valence-electron chi connectivity index (χ0n) is 13.0. The number of ether oxygens (including phenoxy) is 1. The van der Waals surface area contributed by atoms with Crippen molar-refractivity contribution in [3.8, 4) is 5.75 Å². The number of hydrogen-bond donors (Lipinski definition) is 1. The molecule has 0 fully saturated rings. The highest BCUT2D eigenvalue weighted by Gasteiger charge is 2.30. The van der Waals surface area contributed by atoms with Crippen molar-refractivity contribution in [2.24, 2.45) is 0 Å². The number of rotatable bonds is 5. The van der Waals surface area contributed by atoms with Crippen LogP contribution in [0.3, 0.4) is 0 Å². The molecular weight excluding hydrogens is 345 g/mol. The Hall–Kier alpha value is -2.64. The van der Waals surface area contributed by atoms with Gasteiger partial charge in [-0.2, -0.15) is 13.2 Å². The minimum absolute atomic E-state index is 0.0776. The second-order valence-electron chi connectivity index (χ2n) is 5.27. The van der Waals surface area contributed by atoms with Gasteiger partial charge in [0.1, 0.15) is 17.4 Å². The van der Waals surface area contributed by atoms with Gasteiger partial charge in [-0.1, -0.05) is 12.1 Å². The third-order valence-electron chi connectivity index (χ3n) is 3.34. The second kappa shape index (κ2) is 7.50. The molecule has 0 saturated heterocycles. The minimum atomic E-state index is -4.52. The molecule has 1 amide bonds. The van der Waals surface area contributed by atoms with E-state index in [2.05, 4.69) is 5.32 Å². The molecule has 25 heavy (non-hydrogen) atoms. The van der Waals surface area contributed by atoms with Crippen LogP contribution in [-0.2, 0) is 11.0 Å². The van der Waals surface area contributed by atoms with Gasteiger partial charge in [0.05, 0.1) is 11.6 Å². The quantitative estimate of drug-likeness (QED) is 0.811. The molecule has 2 aromatic carbocycles. The van der Waals surface area contributed by atoms with Crippen molar-refractivity contribution in [2.75, 3.05) is 6.61 Å². The maximum Gasteiger partial charge on any atom is 0.416 e. The van der Waals surface area contributed by atoms with Crippen LogP contribution < -0.4 is 10.1 Å². The van der Waals surface area contributed by atoms with Crippen molar-refractivity contribution in [3.63, 3.8) is 0 Å². The number of nitrogens with one attached hydrogen (secondary N) is 1. The van der Waals surface area contributed by atoms with Gasteiger partial charge in [0.25, 0.3) is 5.91 Å². The van der Waals surface area contributed by atoms with Crippen LogP contribution in [0.5, 0.6) is 5.75 Å². The van der Waals surface area contributed by atoms with E-state index in [-0.39, 0.29) is 11.3 Å². The van der Waals surface area contributed by atoms with Gasteiger partial charge in [0, 0.05) is 11.6 Å². The van der Waals surface area contributed by atoms with E-state index in [0.717, 1.165) is 24.3 Å². The molecule has 0 aromatic heterocycles. The predicted octanol–water partition coefficient (Wildman–Crippen LogP) is 4.24. The molecule has 1 N–H and O–H groups in total. The molecule has 0 heterocycles. The van der Waals surface area contributed by atoms with Gasteiger partial charge < -0.3 is 10.1 Å². The van der Waals surface area contributed by atoms with Crippen LogP contribution in [0.1, 0.15) is 24.1 Å². The molecule has 0 bridgehead atoms.